The fraction of sp³-hybridized carbons (Fsp3) is 0.346. The Labute approximate surface area is 234 Å². The molecule has 0 amide bonds. The molecule has 1 aromatic carbocycles. The summed E-state index contributed by atoms with van der Waals surface area (Å²) in [5, 5.41) is 3.05. The maximum atomic E-state index is 13.0. The van der Waals surface area contributed by atoms with Crippen molar-refractivity contribution in [3.8, 4) is 0 Å². The number of aromatic nitrogens is 3. The first-order valence-electron chi connectivity index (χ1n) is 12.2. The zero-order valence-corrected chi connectivity index (χ0v) is 22.3. The van der Waals surface area contributed by atoms with E-state index in [0.717, 1.165) is 35.7 Å². The largest absolute Gasteiger partial charge is 0.491 e. The van der Waals surface area contributed by atoms with Crippen LogP contribution in [0.5, 0.6) is 0 Å². The van der Waals surface area contributed by atoms with Crippen molar-refractivity contribution in [1.29, 1.82) is 0 Å². The monoisotopic (exact) mass is 601 g/mol. The molecule has 218 valence electrons. The van der Waals surface area contributed by atoms with E-state index in [4.69, 9.17) is 16.6 Å². The maximum absolute atomic E-state index is 13.0. The summed E-state index contributed by atoms with van der Waals surface area (Å²) in [7, 11) is 0. The molecule has 0 saturated heterocycles. The third kappa shape index (κ3) is 7.04. The van der Waals surface area contributed by atoms with E-state index < -0.39 is 35.4 Å². The first-order chi connectivity index (χ1) is 19.1. The summed E-state index contributed by atoms with van der Waals surface area (Å²) >= 11 is 6.31. The van der Waals surface area contributed by atoms with E-state index in [1.807, 2.05) is 13.8 Å². The highest BCUT2D eigenvalue weighted by Crippen LogP contribution is 2.33. The van der Waals surface area contributed by atoms with Gasteiger partial charge in [-0.25, -0.2) is 24.5 Å². The van der Waals surface area contributed by atoms with Crippen LogP contribution in [-0.2, 0) is 28.5 Å². The zero-order chi connectivity index (χ0) is 30.1. The topological polar surface area (TPSA) is 97.3 Å². The highest BCUT2D eigenvalue weighted by molar-refractivity contribution is 6.33. The lowest BCUT2D eigenvalue weighted by atomic mass is 10.1. The van der Waals surface area contributed by atoms with Crippen LogP contribution in [0.25, 0.3) is 0 Å². The Kier molecular flexibility index (Phi) is 8.43. The summed E-state index contributed by atoms with van der Waals surface area (Å²) in [6, 6.07) is 5.63. The standard InChI is InChI=1S/C26H22ClF6N5O3/c1-13(2)20-36-19-8-10-38(22-18(27)11-14(12-34-22)23(39)41-24(40)26(31,32)33)9-7-17(19)21(37-20)35-16-5-3-15(4-6-16)25(28,29)30/h3-6,11-13H,7-10H2,1-2H3,(H,35,36,37). The molecule has 0 spiro atoms. The van der Waals surface area contributed by atoms with Crippen LogP contribution in [0.3, 0.4) is 0 Å². The Balaban J connectivity index is 1.56. The molecule has 0 atom stereocenters. The molecule has 1 N–H and O–H groups in total. The number of alkyl halides is 6. The van der Waals surface area contributed by atoms with Crippen molar-refractivity contribution < 1.29 is 40.7 Å². The molecule has 15 heteroatoms. The molecule has 1 aliphatic heterocycles. The van der Waals surface area contributed by atoms with Crippen molar-refractivity contribution >= 4 is 40.9 Å². The molecule has 0 aliphatic carbocycles. The van der Waals surface area contributed by atoms with Gasteiger partial charge < -0.3 is 15.0 Å². The zero-order valence-electron chi connectivity index (χ0n) is 21.5. The van der Waals surface area contributed by atoms with E-state index in [9.17, 15) is 35.9 Å². The van der Waals surface area contributed by atoms with Gasteiger partial charge in [0.05, 0.1) is 21.8 Å². The van der Waals surface area contributed by atoms with E-state index in [2.05, 4.69) is 20.0 Å². The molecule has 0 unspecified atom stereocenters. The number of nitrogens with zero attached hydrogens (tertiary/aromatic N) is 4. The van der Waals surface area contributed by atoms with Gasteiger partial charge >= 0.3 is 24.3 Å². The quantitative estimate of drug-likeness (QED) is 0.208. The predicted octanol–water partition coefficient (Wildman–Crippen LogP) is 6.26. The van der Waals surface area contributed by atoms with E-state index in [1.165, 1.54) is 12.1 Å². The molecule has 1 aliphatic rings. The second-order valence-corrected chi connectivity index (χ2v) is 9.81. The first-order valence-corrected chi connectivity index (χ1v) is 12.6. The smallest absolute Gasteiger partial charge is 0.383 e. The summed E-state index contributed by atoms with van der Waals surface area (Å²) in [6.45, 7) is 4.54. The van der Waals surface area contributed by atoms with Gasteiger partial charge in [0.1, 0.15) is 17.5 Å². The van der Waals surface area contributed by atoms with E-state index in [1.54, 1.807) is 4.90 Å². The fourth-order valence-corrected chi connectivity index (χ4v) is 4.33. The first kappa shape index (κ1) is 30.0. The number of rotatable bonds is 5. The van der Waals surface area contributed by atoms with Crippen LogP contribution in [-0.4, -0.2) is 46.2 Å². The van der Waals surface area contributed by atoms with E-state index in [-0.39, 0.29) is 16.8 Å². The van der Waals surface area contributed by atoms with Crippen molar-refractivity contribution in [2.45, 2.75) is 45.0 Å². The van der Waals surface area contributed by atoms with Gasteiger partial charge in [0.15, 0.2) is 0 Å². The molecule has 8 nitrogen and oxygen atoms in total. The molecule has 0 saturated carbocycles. The molecule has 4 rings (SSSR count). The minimum Gasteiger partial charge on any atom is -0.383 e. The van der Waals surface area contributed by atoms with Crippen LogP contribution in [0.2, 0.25) is 5.02 Å². The van der Waals surface area contributed by atoms with Crippen LogP contribution in [0.4, 0.5) is 43.7 Å². The number of halogens is 7. The highest BCUT2D eigenvalue weighted by atomic mass is 35.5. The normalized spacial score (nSPS) is 14.0. The summed E-state index contributed by atoms with van der Waals surface area (Å²) in [4.78, 5) is 38.1. The van der Waals surface area contributed by atoms with Crippen molar-refractivity contribution in [3.05, 3.63) is 69.8 Å². The number of ether oxygens (including phenoxy) is 1. The Morgan fingerprint density at radius 3 is 2.27 bits per heavy atom. The van der Waals surface area contributed by atoms with Gasteiger partial charge in [-0.1, -0.05) is 25.4 Å². The molecule has 0 bridgehead atoms. The summed E-state index contributed by atoms with van der Waals surface area (Å²) in [5.74, 6) is -3.01. The summed E-state index contributed by atoms with van der Waals surface area (Å²) in [5.41, 5.74) is 0.663. The molecule has 3 heterocycles. The van der Waals surface area contributed by atoms with Crippen LogP contribution in [0, 0.1) is 0 Å². The number of nitrogens with one attached hydrogen (secondary N) is 1. The van der Waals surface area contributed by atoms with E-state index in [0.29, 0.717) is 43.3 Å². The van der Waals surface area contributed by atoms with Gasteiger partial charge in [-0.3, -0.25) is 0 Å². The molecule has 2 aromatic heterocycles. The van der Waals surface area contributed by atoms with Gasteiger partial charge in [-0.15, -0.1) is 0 Å². The summed E-state index contributed by atoms with van der Waals surface area (Å²) < 4.78 is 80.0. The van der Waals surface area contributed by atoms with Crippen molar-refractivity contribution in [2.24, 2.45) is 0 Å². The molecular weight excluding hydrogens is 580 g/mol. The van der Waals surface area contributed by atoms with Crippen LogP contribution < -0.4 is 10.2 Å². The van der Waals surface area contributed by atoms with Crippen molar-refractivity contribution in [1.82, 2.24) is 15.0 Å². The van der Waals surface area contributed by atoms with Crippen molar-refractivity contribution in [2.75, 3.05) is 23.3 Å². The molecular formula is C26H22ClF6N5O3. The highest BCUT2D eigenvalue weighted by Gasteiger charge is 2.42. The van der Waals surface area contributed by atoms with Crippen LogP contribution in [0.1, 0.15) is 52.8 Å². The van der Waals surface area contributed by atoms with Crippen LogP contribution in [0.15, 0.2) is 36.5 Å². The number of pyridine rings is 1. The number of fused-ring (bicyclic) bond motifs is 1. The second kappa shape index (κ2) is 11.5. The minimum absolute atomic E-state index is 0.0412. The van der Waals surface area contributed by atoms with Gasteiger partial charge in [0.2, 0.25) is 0 Å². The lowest BCUT2D eigenvalue weighted by Gasteiger charge is -2.22. The van der Waals surface area contributed by atoms with Gasteiger partial charge in [0, 0.05) is 42.9 Å². The Bertz CT molecular complexity index is 1460. The van der Waals surface area contributed by atoms with Gasteiger partial charge in [0.25, 0.3) is 0 Å². The Morgan fingerprint density at radius 2 is 1.68 bits per heavy atom. The number of benzene rings is 1. The average molecular weight is 602 g/mol. The third-order valence-corrected chi connectivity index (χ3v) is 6.40. The van der Waals surface area contributed by atoms with Gasteiger partial charge in [-0.2, -0.15) is 26.3 Å². The maximum Gasteiger partial charge on any atom is 0.491 e. The third-order valence-electron chi connectivity index (χ3n) is 6.13. The SMILES string of the molecule is CC(C)c1nc2c(c(Nc3ccc(C(F)(F)F)cc3)n1)CCN(c1ncc(C(=O)OC(=O)C(F)(F)F)cc1Cl)CC2. The average Bonchev–Trinajstić information content (AvgIpc) is 3.10. The Morgan fingerprint density at radius 1 is 1.02 bits per heavy atom. The predicted molar refractivity (Wildman–Crippen MR) is 136 cm³/mol. The lowest BCUT2D eigenvalue weighted by molar-refractivity contribution is -0.193. The minimum atomic E-state index is -5.34. The number of hydrogen-bond donors (Lipinski definition) is 1. The number of esters is 2. The number of carbonyl (C=O) groups excluding carboxylic acids is 2. The fourth-order valence-electron chi connectivity index (χ4n) is 4.05. The van der Waals surface area contributed by atoms with Crippen molar-refractivity contribution in [3.63, 3.8) is 0 Å². The lowest BCUT2D eigenvalue weighted by Crippen LogP contribution is -2.29. The molecule has 41 heavy (non-hydrogen) atoms. The molecule has 0 radical (unpaired) electrons. The molecule has 0 fully saturated rings. The van der Waals surface area contributed by atoms with E-state index >= 15 is 0 Å². The number of carbonyl (C=O) groups is 2. The number of hydrogen-bond acceptors (Lipinski definition) is 8. The Hall–Kier alpha value is -3.94. The molecule has 3 aromatic rings. The van der Waals surface area contributed by atoms with Crippen LogP contribution >= 0.6 is 11.6 Å². The second-order valence-electron chi connectivity index (χ2n) is 9.40. The van der Waals surface area contributed by atoms with Gasteiger partial charge in [-0.05, 0) is 36.8 Å². The summed E-state index contributed by atoms with van der Waals surface area (Å²) in [6.07, 6.45) is -8.04. The number of anilines is 3.